The van der Waals surface area contributed by atoms with Gasteiger partial charge >= 0.3 is 0 Å². The fourth-order valence-corrected chi connectivity index (χ4v) is 3.30. The molecule has 1 fully saturated rings. The Morgan fingerprint density at radius 2 is 2.00 bits per heavy atom. The molecular formula is C19H26N4O2. The van der Waals surface area contributed by atoms with Crippen molar-refractivity contribution in [3.05, 3.63) is 42.2 Å². The summed E-state index contributed by atoms with van der Waals surface area (Å²) in [6, 6.07) is 7.33. The Balaban J connectivity index is 1.61. The highest BCUT2D eigenvalue weighted by atomic mass is 16.3. The van der Waals surface area contributed by atoms with Gasteiger partial charge in [0, 0.05) is 31.0 Å². The van der Waals surface area contributed by atoms with Crippen LogP contribution in [0.25, 0.3) is 0 Å². The van der Waals surface area contributed by atoms with Crippen LogP contribution in [0.15, 0.2) is 36.7 Å². The van der Waals surface area contributed by atoms with E-state index in [9.17, 15) is 9.90 Å². The van der Waals surface area contributed by atoms with Crippen molar-refractivity contribution in [1.29, 1.82) is 0 Å². The minimum atomic E-state index is -0.766. The molecule has 0 aliphatic heterocycles. The van der Waals surface area contributed by atoms with E-state index in [4.69, 9.17) is 0 Å². The molecule has 6 heteroatoms. The molecule has 1 saturated carbocycles. The summed E-state index contributed by atoms with van der Waals surface area (Å²) in [5, 5.41) is 20.9. The molecule has 0 saturated heterocycles. The highest BCUT2D eigenvalue weighted by Crippen LogP contribution is 2.26. The minimum absolute atomic E-state index is 0.160. The van der Waals surface area contributed by atoms with Crippen LogP contribution >= 0.6 is 0 Å². The molecule has 1 aromatic heterocycles. The number of carbonyl (C=O) groups is 1. The van der Waals surface area contributed by atoms with Gasteiger partial charge in [0.2, 0.25) is 0 Å². The monoisotopic (exact) mass is 342 g/mol. The number of nitrogens with zero attached hydrogens (tertiary/aromatic N) is 2. The molecule has 0 radical (unpaired) electrons. The van der Waals surface area contributed by atoms with Crippen molar-refractivity contribution < 1.29 is 9.90 Å². The first-order chi connectivity index (χ1) is 12.0. The number of carbonyl (C=O) groups excluding carboxylic acids is 1. The van der Waals surface area contributed by atoms with Crippen molar-refractivity contribution in [2.75, 3.05) is 11.9 Å². The third-order valence-corrected chi connectivity index (χ3v) is 4.73. The SMILES string of the molecule is Cn1cc(Nc2cccc(C(=O)NCC3(O)CCCCCC3)c2)cn1. The van der Waals surface area contributed by atoms with E-state index >= 15 is 0 Å². The molecule has 1 aliphatic rings. The lowest BCUT2D eigenvalue weighted by Gasteiger charge is -2.26. The van der Waals surface area contributed by atoms with Crippen LogP contribution in [0.2, 0.25) is 0 Å². The van der Waals surface area contributed by atoms with Gasteiger partial charge in [-0.3, -0.25) is 9.48 Å². The zero-order valence-corrected chi connectivity index (χ0v) is 14.7. The number of amides is 1. The summed E-state index contributed by atoms with van der Waals surface area (Å²) in [5.41, 5.74) is 1.50. The molecule has 134 valence electrons. The number of hydrogen-bond donors (Lipinski definition) is 3. The Morgan fingerprint density at radius 3 is 2.68 bits per heavy atom. The van der Waals surface area contributed by atoms with Gasteiger partial charge in [-0.25, -0.2) is 0 Å². The minimum Gasteiger partial charge on any atom is -0.388 e. The van der Waals surface area contributed by atoms with Crippen molar-refractivity contribution >= 4 is 17.3 Å². The molecule has 0 bridgehead atoms. The number of rotatable bonds is 5. The van der Waals surface area contributed by atoms with Crippen LogP contribution in [-0.4, -0.2) is 32.9 Å². The average Bonchev–Trinajstić information content (AvgIpc) is 2.88. The Labute approximate surface area is 148 Å². The largest absolute Gasteiger partial charge is 0.388 e. The summed E-state index contributed by atoms with van der Waals surface area (Å²) in [7, 11) is 1.85. The van der Waals surface area contributed by atoms with Gasteiger partial charge in [0.1, 0.15) is 0 Å². The second kappa shape index (κ2) is 7.70. The Hall–Kier alpha value is -2.34. The second-order valence-corrected chi connectivity index (χ2v) is 6.93. The van der Waals surface area contributed by atoms with Gasteiger partial charge in [0.15, 0.2) is 0 Å². The summed E-state index contributed by atoms with van der Waals surface area (Å²) in [6.07, 6.45) is 9.50. The molecule has 2 aromatic rings. The molecule has 0 atom stereocenters. The molecular weight excluding hydrogens is 316 g/mol. The summed E-state index contributed by atoms with van der Waals surface area (Å²) in [4.78, 5) is 12.5. The smallest absolute Gasteiger partial charge is 0.251 e. The van der Waals surface area contributed by atoms with E-state index < -0.39 is 5.60 Å². The van der Waals surface area contributed by atoms with Gasteiger partial charge in [0.05, 0.1) is 17.5 Å². The average molecular weight is 342 g/mol. The molecule has 3 N–H and O–H groups in total. The maximum Gasteiger partial charge on any atom is 0.251 e. The number of benzene rings is 1. The third kappa shape index (κ3) is 4.82. The normalized spacial score (nSPS) is 16.9. The molecule has 25 heavy (non-hydrogen) atoms. The maximum absolute atomic E-state index is 12.5. The zero-order valence-electron chi connectivity index (χ0n) is 14.7. The number of aryl methyl sites for hydroxylation is 1. The van der Waals surface area contributed by atoms with Crippen molar-refractivity contribution in [1.82, 2.24) is 15.1 Å². The summed E-state index contributed by atoms with van der Waals surface area (Å²) >= 11 is 0. The highest BCUT2D eigenvalue weighted by molar-refractivity contribution is 5.95. The number of nitrogens with one attached hydrogen (secondary N) is 2. The van der Waals surface area contributed by atoms with Gasteiger partial charge < -0.3 is 15.7 Å². The van der Waals surface area contributed by atoms with Crippen molar-refractivity contribution in [3.63, 3.8) is 0 Å². The van der Waals surface area contributed by atoms with Gasteiger partial charge in [0.25, 0.3) is 5.91 Å². The van der Waals surface area contributed by atoms with Crippen molar-refractivity contribution in [2.45, 2.75) is 44.1 Å². The molecule has 0 unspecified atom stereocenters. The topological polar surface area (TPSA) is 79.2 Å². The van der Waals surface area contributed by atoms with Crippen LogP contribution in [0.3, 0.4) is 0 Å². The van der Waals surface area contributed by atoms with Gasteiger partial charge in [-0.2, -0.15) is 5.10 Å². The van der Waals surface area contributed by atoms with Crippen LogP contribution in [0.1, 0.15) is 48.9 Å². The molecule has 1 aromatic carbocycles. The van der Waals surface area contributed by atoms with E-state index in [-0.39, 0.29) is 5.91 Å². The Kier molecular flexibility index (Phi) is 5.38. The number of hydrogen-bond acceptors (Lipinski definition) is 4. The summed E-state index contributed by atoms with van der Waals surface area (Å²) < 4.78 is 1.71. The first kappa shape index (κ1) is 17.5. The molecule has 6 nitrogen and oxygen atoms in total. The standard InChI is InChI=1S/C19H26N4O2/c1-23-13-17(12-21-23)22-16-8-6-7-15(11-16)18(24)20-14-19(25)9-4-2-3-5-10-19/h6-8,11-13,22,25H,2-5,9-10,14H2,1H3,(H,20,24). The van der Waals surface area contributed by atoms with Gasteiger partial charge in [-0.05, 0) is 31.0 Å². The molecule has 1 amide bonds. The number of aromatic nitrogens is 2. The van der Waals surface area contributed by atoms with Crippen LogP contribution in [0.4, 0.5) is 11.4 Å². The van der Waals surface area contributed by atoms with E-state index in [1.807, 2.05) is 25.4 Å². The van der Waals surface area contributed by atoms with Crippen LogP contribution in [0.5, 0.6) is 0 Å². The lowest BCUT2D eigenvalue weighted by atomic mass is 9.94. The van der Waals surface area contributed by atoms with Gasteiger partial charge in [-0.15, -0.1) is 0 Å². The first-order valence-electron chi connectivity index (χ1n) is 8.90. The van der Waals surface area contributed by atoms with Crippen LogP contribution in [0, 0.1) is 0 Å². The zero-order chi connectivity index (χ0) is 17.7. The van der Waals surface area contributed by atoms with E-state index in [0.29, 0.717) is 12.1 Å². The highest BCUT2D eigenvalue weighted by Gasteiger charge is 2.28. The lowest BCUT2D eigenvalue weighted by molar-refractivity contribution is 0.0246. The number of anilines is 2. The maximum atomic E-state index is 12.5. The Morgan fingerprint density at radius 1 is 1.24 bits per heavy atom. The predicted molar refractivity (Wildman–Crippen MR) is 97.9 cm³/mol. The van der Waals surface area contributed by atoms with Crippen LogP contribution < -0.4 is 10.6 Å². The fraction of sp³-hybridized carbons (Fsp3) is 0.474. The molecule has 1 aliphatic carbocycles. The Bertz CT molecular complexity index is 718. The van der Waals surface area contributed by atoms with Crippen molar-refractivity contribution in [3.8, 4) is 0 Å². The van der Waals surface area contributed by atoms with Gasteiger partial charge in [-0.1, -0.05) is 31.7 Å². The second-order valence-electron chi connectivity index (χ2n) is 6.93. The molecule has 1 heterocycles. The fourth-order valence-electron chi connectivity index (χ4n) is 3.30. The quantitative estimate of drug-likeness (QED) is 0.730. The summed E-state index contributed by atoms with van der Waals surface area (Å²) in [5.74, 6) is -0.160. The lowest BCUT2D eigenvalue weighted by Crippen LogP contribution is -2.42. The van der Waals surface area contributed by atoms with E-state index in [0.717, 1.165) is 49.9 Å². The van der Waals surface area contributed by atoms with E-state index in [2.05, 4.69) is 15.7 Å². The molecule has 3 rings (SSSR count). The van der Waals surface area contributed by atoms with E-state index in [1.54, 1.807) is 23.0 Å². The third-order valence-electron chi connectivity index (χ3n) is 4.73. The summed E-state index contributed by atoms with van der Waals surface area (Å²) in [6.45, 7) is 0.312. The predicted octanol–water partition coefficient (Wildman–Crippen LogP) is 2.98. The van der Waals surface area contributed by atoms with Crippen LogP contribution in [-0.2, 0) is 7.05 Å². The van der Waals surface area contributed by atoms with Crippen molar-refractivity contribution in [2.24, 2.45) is 7.05 Å². The molecule has 0 spiro atoms. The first-order valence-corrected chi connectivity index (χ1v) is 8.90. The van der Waals surface area contributed by atoms with E-state index in [1.165, 1.54) is 0 Å². The number of aliphatic hydroxyl groups is 1.